The van der Waals surface area contributed by atoms with Crippen LogP contribution >= 0.6 is 0 Å². The van der Waals surface area contributed by atoms with Gasteiger partial charge in [-0.25, -0.2) is 0 Å². The van der Waals surface area contributed by atoms with Crippen LogP contribution in [0.5, 0.6) is 0 Å². The molecule has 0 aromatic carbocycles. The second-order valence-corrected chi connectivity index (χ2v) is 7.65. The molecule has 0 radical (unpaired) electrons. The van der Waals surface area contributed by atoms with Crippen molar-refractivity contribution in [2.75, 3.05) is 6.61 Å². The Hall–Kier alpha value is 0.354. The highest BCUT2D eigenvalue weighted by molar-refractivity contribution is 6.34. The molecule has 1 saturated heterocycles. The van der Waals surface area contributed by atoms with Crippen molar-refractivity contribution in [1.82, 2.24) is 0 Å². The molecule has 13 heavy (non-hydrogen) atoms. The van der Waals surface area contributed by atoms with Gasteiger partial charge in [-0.15, -0.1) is 0 Å². The highest BCUT2D eigenvalue weighted by Gasteiger charge is 2.50. The highest BCUT2D eigenvalue weighted by Crippen LogP contribution is 2.45. The summed E-state index contributed by atoms with van der Waals surface area (Å²) in [6, 6.07) is 1.28. The second kappa shape index (κ2) is 4.25. The average molecular weight is 216 g/mol. The minimum absolute atomic E-state index is 0.228. The van der Waals surface area contributed by atoms with Crippen molar-refractivity contribution in [3.63, 3.8) is 0 Å². The zero-order chi connectivity index (χ0) is 9.15. The molecule has 0 N–H and O–H groups in total. The van der Waals surface area contributed by atoms with Crippen LogP contribution in [0.3, 0.4) is 0 Å². The first-order valence-electron chi connectivity index (χ1n) is 5.50. The summed E-state index contributed by atoms with van der Waals surface area (Å²) in [5, 5.41) is 0. The van der Waals surface area contributed by atoms with E-state index < -0.39 is 0 Å². The molecule has 4 heteroatoms. The summed E-state index contributed by atoms with van der Waals surface area (Å²) < 4.78 is 11.1. The molecule has 2 rings (SSSR count). The predicted molar refractivity (Wildman–Crippen MR) is 59.6 cm³/mol. The lowest BCUT2D eigenvalue weighted by molar-refractivity contribution is 0.187. The average Bonchev–Trinajstić information content (AvgIpc) is 2.97. The molecule has 2 fully saturated rings. The molecule has 2 aliphatic rings. The van der Waals surface area contributed by atoms with Crippen molar-refractivity contribution in [2.24, 2.45) is 5.92 Å². The Bertz CT molecular complexity index is 165. The number of ether oxygens (including phenoxy) is 1. The van der Waals surface area contributed by atoms with Crippen molar-refractivity contribution >= 4 is 20.2 Å². The Labute approximate surface area is 85.9 Å². The summed E-state index contributed by atoms with van der Waals surface area (Å²) in [5.41, 5.74) is 0.330. The van der Waals surface area contributed by atoms with Crippen LogP contribution in [0.25, 0.3) is 0 Å². The molecular weight excluding hydrogens is 196 g/mol. The van der Waals surface area contributed by atoms with Gasteiger partial charge in [-0.3, -0.25) is 0 Å². The lowest BCUT2D eigenvalue weighted by Gasteiger charge is -2.27. The maximum Gasteiger partial charge on any atom is 0.148 e. The van der Waals surface area contributed by atoms with E-state index in [4.69, 9.17) is 8.85 Å². The molecule has 2 nitrogen and oxygen atoms in total. The van der Waals surface area contributed by atoms with Gasteiger partial charge in [0.2, 0.25) is 0 Å². The quantitative estimate of drug-likeness (QED) is 0.492. The zero-order valence-electron chi connectivity index (χ0n) is 8.55. The molecular formula is C9H20O2Si2. The number of hydrogen-bond donors (Lipinski definition) is 0. The van der Waals surface area contributed by atoms with E-state index in [1.54, 1.807) is 0 Å². The molecule has 0 bridgehead atoms. The Morgan fingerprint density at radius 3 is 2.62 bits per heavy atom. The van der Waals surface area contributed by atoms with E-state index in [2.05, 4.69) is 0 Å². The third kappa shape index (κ3) is 2.23. The van der Waals surface area contributed by atoms with Gasteiger partial charge in [-0.2, -0.15) is 0 Å². The van der Waals surface area contributed by atoms with Gasteiger partial charge in [0, 0.05) is 0 Å². The van der Waals surface area contributed by atoms with E-state index in [0.717, 1.165) is 23.0 Å². The van der Waals surface area contributed by atoms with Crippen molar-refractivity contribution in [2.45, 2.75) is 43.7 Å². The van der Waals surface area contributed by atoms with Crippen LogP contribution in [0.2, 0.25) is 6.04 Å². The maximum absolute atomic E-state index is 5.71. The molecule has 1 heterocycles. The third-order valence-corrected chi connectivity index (χ3v) is 6.28. The summed E-state index contributed by atoms with van der Waals surface area (Å²) in [5.74, 6) is 0.880. The van der Waals surface area contributed by atoms with Crippen LogP contribution < -0.4 is 0 Å². The monoisotopic (exact) mass is 216 g/mol. The molecule has 1 unspecified atom stereocenters. The summed E-state index contributed by atoms with van der Waals surface area (Å²) in [4.78, 5) is 0. The molecule has 0 aromatic heterocycles. The summed E-state index contributed by atoms with van der Waals surface area (Å²) >= 11 is 0. The Morgan fingerprint density at radius 1 is 1.38 bits per heavy atom. The lowest BCUT2D eigenvalue weighted by Crippen LogP contribution is -2.28. The van der Waals surface area contributed by atoms with Crippen LogP contribution in [0.4, 0.5) is 0 Å². The van der Waals surface area contributed by atoms with E-state index in [1.807, 2.05) is 0 Å². The van der Waals surface area contributed by atoms with Gasteiger partial charge in [0.25, 0.3) is 0 Å². The topological polar surface area (TPSA) is 21.8 Å². The number of rotatable bonds is 4. The molecule has 0 amide bonds. The lowest BCUT2D eigenvalue weighted by atomic mass is 9.81. The van der Waals surface area contributed by atoms with Gasteiger partial charge in [0.05, 0.1) is 12.2 Å². The van der Waals surface area contributed by atoms with Crippen molar-refractivity contribution in [3.8, 4) is 0 Å². The van der Waals surface area contributed by atoms with Crippen molar-refractivity contribution in [1.29, 1.82) is 0 Å². The minimum Gasteiger partial charge on any atom is -0.468 e. The van der Waals surface area contributed by atoms with Crippen LogP contribution in [0.1, 0.15) is 32.1 Å². The molecule has 76 valence electrons. The third-order valence-electron chi connectivity index (χ3n) is 3.59. The maximum atomic E-state index is 5.71. The summed E-state index contributed by atoms with van der Waals surface area (Å²) in [7, 11) is 0.702. The van der Waals surface area contributed by atoms with Crippen LogP contribution in [0.15, 0.2) is 0 Å². The van der Waals surface area contributed by atoms with E-state index >= 15 is 0 Å². The Morgan fingerprint density at radius 2 is 2.08 bits per heavy atom. The van der Waals surface area contributed by atoms with Gasteiger partial charge in [-0.05, 0) is 24.8 Å². The van der Waals surface area contributed by atoms with Gasteiger partial charge in [-0.1, -0.05) is 19.3 Å². The molecule has 0 spiro atoms. The van der Waals surface area contributed by atoms with E-state index in [9.17, 15) is 0 Å². The second-order valence-electron chi connectivity index (χ2n) is 4.43. The van der Waals surface area contributed by atoms with Crippen LogP contribution in [-0.4, -0.2) is 32.5 Å². The van der Waals surface area contributed by atoms with E-state index in [0.29, 0.717) is 5.60 Å². The molecule has 1 aliphatic heterocycles. The standard InChI is InChI=1S/C9H20O2Si2/c12-11-13-7-9(6-10-9)8-4-2-1-3-5-8/h8H,1-7,13H2,12H3. The summed E-state index contributed by atoms with van der Waals surface area (Å²) in [6.07, 6.45) is 7.13. The summed E-state index contributed by atoms with van der Waals surface area (Å²) in [6.45, 7) is 1.04. The smallest absolute Gasteiger partial charge is 0.148 e. The van der Waals surface area contributed by atoms with Crippen LogP contribution in [-0.2, 0) is 8.85 Å². The number of hydrogen-bond acceptors (Lipinski definition) is 2. The first-order valence-corrected chi connectivity index (χ1v) is 7.90. The first kappa shape index (κ1) is 9.89. The van der Waals surface area contributed by atoms with Crippen LogP contribution in [0, 0.1) is 5.92 Å². The minimum atomic E-state index is -0.228. The molecule has 0 aromatic rings. The molecule has 1 aliphatic carbocycles. The zero-order valence-corrected chi connectivity index (χ0v) is 12.0. The van der Waals surface area contributed by atoms with E-state index in [-0.39, 0.29) is 9.76 Å². The largest absolute Gasteiger partial charge is 0.468 e. The molecule has 1 saturated carbocycles. The SMILES string of the molecule is [SiH3]O[SiH2]CC1(C2CCCCC2)CO1. The van der Waals surface area contributed by atoms with E-state index in [1.165, 1.54) is 38.1 Å². The first-order chi connectivity index (χ1) is 6.37. The van der Waals surface area contributed by atoms with Gasteiger partial charge >= 0.3 is 0 Å². The van der Waals surface area contributed by atoms with Crippen molar-refractivity contribution < 1.29 is 8.85 Å². The highest BCUT2D eigenvalue weighted by atomic mass is 28.3. The number of epoxide rings is 1. The fourth-order valence-corrected chi connectivity index (χ4v) is 4.44. The predicted octanol–water partition coefficient (Wildman–Crippen LogP) is 0.135. The normalized spacial score (nSPS) is 36.0. The fourth-order valence-electron chi connectivity index (χ4n) is 2.58. The molecule has 1 atom stereocenters. The van der Waals surface area contributed by atoms with Crippen molar-refractivity contribution in [3.05, 3.63) is 0 Å². The van der Waals surface area contributed by atoms with Gasteiger partial charge in [0.1, 0.15) is 20.2 Å². The Balaban J connectivity index is 1.82. The van der Waals surface area contributed by atoms with Gasteiger partial charge < -0.3 is 8.85 Å². The Kier molecular flexibility index (Phi) is 3.24. The van der Waals surface area contributed by atoms with Gasteiger partial charge in [0.15, 0.2) is 0 Å². The fraction of sp³-hybridized carbons (Fsp3) is 1.00.